The van der Waals surface area contributed by atoms with Gasteiger partial charge in [-0.15, -0.1) is 12.4 Å². The Hall–Kier alpha value is -0.930. The van der Waals surface area contributed by atoms with Crippen LogP contribution in [0.3, 0.4) is 0 Å². The maximum Gasteiger partial charge on any atom is 0.0361 e. The Bertz CT molecular complexity index is 322. The summed E-state index contributed by atoms with van der Waals surface area (Å²) < 4.78 is 0. The molecule has 1 aliphatic heterocycles. The quantitative estimate of drug-likeness (QED) is 0.759. The Morgan fingerprint density at radius 2 is 1.80 bits per heavy atom. The molecule has 84 valence electrons. The van der Waals surface area contributed by atoms with Crippen molar-refractivity contribution in [3.8, 4) is 0 Å². The highest BCUT2D eigenvalue weighted by molar-refractivity contribution is 5.85. The lowest BCUT2D eigenvalue weighted by Crippen LogP contribution is -2.19. The molecule has 1 fully saturated rings. The van der Waals surface area contributed by atoms with E-state index in [4.69, 9.17) is 11.5 Å². The minimum Gasteiger partial charge on any atom is -0.399 e. The second-order valence-corrected chi connectivity index (χ2v) is 3.94. The summed E-state index contributed by atoms with van der Waals surface area (Å²) in [7, 11) is 0. The summed E-state index contributed by atoms with van der Waals surface area (Å²) in [6, 6.07) is 5.72. The molecule has 15 heavy (non-hydrogen) atoms. The Kier molecular flexibility index (Phi) is 4.24. The zero-order valence-electron chi connectivity index (χ0n) is 8.78. The van der Waals surface area contributed by atoms with E-state index >= 15 is 0 Å². The van der Waals surface area contributed by atoms with E-state index in [1.807, 2.05) is 18.2 Å². The number of nitrogens with two attached hydrogens (primary N) is 2. The second kappa shape index (κ2) is 5.24. The van der Waals surface area contributed by atoms with Crippen LogP contribution in [0.2, 0.25) is 0 Å². The van der Waals surface area contributed by atoms with Crippen molar-refractivity contribution in [2.24, 2.45) is 0 Å². The van der Waals surface area contributed by atoms with Crippen molar-refractivity contribution in [3.05, 3.63) is 23.8 Å². The largest absolute Gasteiger partial charge is 0.399 e. The average molecular weight is 228 g/mol. The number of nitrogen functional groups attached to an aromatic ring is 2. The van der Waals surface area contributed by atoms with E-state index in [0.29, 0.717) is 0 Å². The number of nitrogens with zero attached hydrogens (tertiary/aromatic N) is 1. The van der Waals surface area contributed by atoms with Crippen LogP contribution >= 0.6 is 12.4 Å². The molecule has 0 aliphatic carbocycles. The van der Waals surface area contributed by atoms with Gasteiger partial charge >= 0.3 is 0 Å². The van der Waals surface area contributed by atoms with Gasteiger partial charge in [0.05, 0.1) is 0 Å². The Morgan fingerprint density at radius 1 is 1.13 bits per heavy atom. The van der Waals surface area contributed by atoms with Crippen molar-refractivity contribution in [1.29, 1.82) is 0 Å². The first-order chi connectivity index (χ1) is 6.75. The van der Waals surface area contributed by atoms with Crippen LogP contribution in [0.1, 0.15) is 18.4 Å². The molecule has 0 saturated carbocycles. The fourth-order valence-electron chi connectivity index (χ4n) is 1.94. The van der Waals surface area contributed by atoms with Crippen LogP contribution in [-0.2, 0) is 6.54 Å². The predicted octanol–water partition coefficient (Wildman–Crippen LogP) is 1.87. The van der Waals surface area contributed by atoms with Gasteiger partial charge in [0.1, 0.15) is 0 Å². The minimum absolute atomic E-state index is 0. The van der Waals surface area contributed by atoms with Gasteiger partial charge in [-0.3, -0.25) is 4.90 Å². The molecule has 4 N–H and O–H groups in total. The second-order valence-electron chi connectivity index (χ2n) is 3.94. The third-order valence-electron chi connectivity index (χ3n) is 2.76. The first-order valence-corrected chi connectivity index (χ1v) is 5.12. The number of likely N-dealkylation sites (tertiary alicyclic amines) is 1. The van der Waals surface area contributed by atoms with Gasteiger partial charge in [0.25, 0.3) is 0 Å². The molecule has 0 spiro atoms. The van der Waals surface area contributed by atoms with Crippen molar-refractivity contribution in [2.45, 2.75) is 19.4 Å². The van der Waals surface area contributed by atoms with Crippen LogP contribution < -0.4 is 11.5 Å². The first-order valence-electron chi connectivity index (χ1n) is 5.12. The van der Waals surface area contributed by atoms with E-state index in [2.05, 4.69) is 4.90 Å². The Morgan fingerprint density at radius 3 is 2.47 bits per heavy atom. The number of hydrogen-bond donors (Lipinski definition) is 2. The topological polar surface area (TPSA) is 55.3 Å². The summed E-state index contributed by atoms with van der Waals surface area (Å²) in [5.74, 6) is 0. The third-order valence-corrected chi connectivity index (χ3v) is 2.76. The molecular formula is C11H18ClN3. The van der Waals surface area contributed by atoms with Gasteiger partial charge in [0, 0.05) is 17.9 Å². The molecule has 1 heterocycles. The lowest BCUT2D eigenvalue weighted by atomic mass is 10.1. The van der Waals surface area contributed by atoms with Gasteiger partial charge in [-0.25, -0.2) is 0 Å². The van der Waals surface area contributed by atoms with Gasteiger partial charge in [0.2, 0.25) is 0 Å². The van der Waals surface area contributed by atoms with Crippen molar-refractivity contribution in [2.75, 3.05) is 24.6 Å². The van der Waals surface area contributed by atoms with E-state index in [1.165, 1.54) is 25.9 Å². The van der Waals surface area contributed by atoms with Gasteiger partial charge in [0.15, 0.2) is 0 Å². The molecule has 0 atom stereocenters. The summed E-state index contributed by atoms with van der Waals surface area (Å²) >= 11 is 0. The SMILES string of the molecule is Cl.Nc1ccc(N)c(CN2CCCC2)c1. The van der Waals surface area contributed by atoms with Crippen molar-refractivity contribution in [3.63, 3.8) is 0 Å². The molecule has 4 heteroatoms. The Balaban J connectivity index is 0.00000112. The van der Waals surface area contributed by atoms with Gasteiger partial charge in [-0.1, -0.05) is 0 Å². The summed E-state index contributed by atoms with van der Waals surface area (Å²) in [5, 5.41) is 0. The van der Waals surface area contributed by atoms with Crippen LogP contribution in [-0.4, -0.2) is 18.0 Å². The monoisotopic (exact) mass is 227 g/mol. The number of benzene rings is 1. The van der Waals surface area contributed by atoms with E-state index < -0.39 is 0 Å². The molecule has 0 amide bonds. The highest BCUT2D eigenvalue weighted by atomic mass is 35.5. The first kappa shape index (κ1) is 12.1. The van der Waals surface area contributed by atoms with Crippen LogP contribution in [0.15, 0.2) is 18.2 Å². The standard InChI is InChI=1S/C11H17N3.ClH/c12-10-3-4-11(13)9(7-10)8-14-5-1-2-6-14;/h3-4,7H,1-2,5-6,8,12-13H2;1H. The molecule has 2 rings (SSSR count). The minimum atomic E-state index is 0. The van der Waals surface area contributed by atoms with Gasteiger partial charge in [-0.05, 0) is 49.7 Å². The molecule has 0 aromatic heterocycles. The normalized spacial score (nSPS) is 16.3. The predicted molar refractivity (Wildman–Crippen MR) is 67.0 cm³/mol. The fourth-order valence-corrected chi connectivity index (χ4v) is 1.94. The highest BCUT2D eigenvalue weighted by Crippen LogP contribution is 2.19. The van der Waals surface area contributed by atoms with Gasteiger partial charge < -0.3 is 11.5 Å². The van der Waals surface area contributed by atoms with E-state index in [1.54, 1.807) is 0 Å². The fraction of sp³-hybridized carbons (Fsp3) is 0.455. The summed E-state index contributed by atoms with van der Waals surface area (Å²) in [6.07, 6.45) is 2.62. The van der Waals surface area contributed by atoms with Crippen molar-refractivity contribution in [1.82, 2.24) is 4.90 Å². The van der Waals surface area contributed by atoms with E-state index in [0.717, 1.165) is 23.5 Å². The zero-order valence-corrected chi connectivity index (χ0v) is 9.59. The summed E-state index contributed by atoms with van der Waals surface area (Å²) in [6.45, 7) is 3.32. The molecule has 0 bridgehead atoms. The number of hydrogen-bond acceptors (Lipinski definition) is 3. The number of rotatable bonds is 2. The third kappa shape index (κ3) is 3.01. The zero-order chi connectivity index (χ0) is 9.97. The van der Waals surface area contributed by atoms with Gasteiger partial charge in [-0.2, -0.15) is 0 Å². The average Bonchev–Trinajstić information content (AvgIpc) is 2.64. The maximum atomic E-state index is 5.89. The van der Waals surface area contributed by atoms with Crippen LogP contribution in [0.4, 0.5) is 11.4 Å². The van der Waals surface area contributed by atoms with E-state index in [-0.39, 0.29) is 12.4 Å². The number of anilines is 2. The number of halogens is 1. The molecule has 1 aliphatic rings. The van der Waals surface area contributed by atoms with Crippen LogP contribution in [0, 0.1) is 0 Å². The summed E-state index contributed by atoms with van der Waals surface area (Å²) in [5.41, 5.74) is 14.4. The smallest absolute Gasteiger partial charge is 0.0361 e. The lowest BCUT2D eigenvalue weighted by Gasteiger charge is -2.16. The molecule has 1 aromatic carbocycles. The molecule has 0 radical (unpaired) electrons. The summed E-state index contributed by atoms with van der Waals surface area (Å²) in [4.78, 5) is 2.42. The lowest BCUT2D eigenvalue weighted by molar-refractivity contribution is 0.332. The molecular weight excluding hydrogens is 210 g/mol. The molecule has 3 nitrogen and oxygen atoms in total. The van der Waals surface area contributed by atoms with Crippen molar-refractivity contribution >= 4 is 23.8 Å². The maximum absolute atomic E-state index is 5.89. The molecule has 0 unspecified atom stereocenters. The van der Waals surface area contributed by atoms with E-state index in [9.17, 15) is 0 Å². The Labute approximate surface area is 96.8 Å². The highest BCUT2D eigenvalue weighted by Gasteiger charge is 2.12. The van der Waals surface area contributed by atoms with Crippen LogP contribution in [0.25, 0.3) is 0 Å². The molecule has 1 saturated heterocycles. The molecule has 1 aromatic rings. The van der Waals surface area contributed by atoms with Crippen molar-refractivity contribution < 1.29 is 0 Å². The van der Waals surface area contributed by atoms with Crippen LogP contribution in [0.5, 0.6) is 0 Å².